The van der Waals surface area contributed by atoms with Crippen LogP contribution in [0.25, 0.3) is 0 Å². The first kappa shape index (κ1) is 127. The quantitative estimate of drug-likeness (QED) is 0.00702. The van der Waals surface area contributed by atoms with E-state index in [4.69, 9.17) is 69.0 Å². The van der Waals surface area contributed by atoms with Crippen LogP contribution in [0.5, 0.6) is 0 Å². The number of rotatable bonds is 44. The number of ether oxygens (including phenoxy) is 7. The van der Waals surface area contributed by atoms with Crippen LogP contribution >= 0.6 is 15.2 Å². The van der Waals surface area contributed by atoms with E-state index >= 15 is 0 Å². The Morgan fingerprint density at radius 2 is 0.814 bits per heavy atom. The summed E-state index contributed by atoms with van der Waals surface area (Å²) in [7, 11) is -19.5. The average Bonchev–Trinajstić information content (AvgIpc) is 1.63. The third-order valence-corrected chi connectivity index (χ3v) is 50.8. The van der Waals surface area contributed by atoms with Crippen molar-refractivity contribution in [3.05, 3.63) is 193 Å². The van der Waals surface area contributed by atoms with Gasteiger partial charge in [0, 0.05) is 158 Å². The molecule has 4 aliphatic rings. The fourth-order valence-electron chi connectivity index (χ4n) is 18.3. The van der Waals surface area contributed by atoms with Gasteiger partial charge in [0.05, 0.1) is 36.8 Å². The maximum atomic E-state index is 14.8. The molecule has 1 aromatic carbocycles. The van der Waals surface area contributed by atoms with Crippen molar-refractivity contribution in [3.63, 3.8) is 0 Å². The van der Waals surface area contributed by atoms with E-state index in [1.807, 2.05) is 123 Å². The van der Waals surface area contributed by atoms with E-state index in [0.29, 0.717) is 44.1 Å². The predicted octanol–water partition coefficient (Wildman–Crippen LogP) is 16.3. The van der Waals surface area contributed by atoms with Crippen LogP contribution in [0.2, 0.25) is 69.5 Å². The summed E-state index contributed by atoms with van der Waals surface area (Å²) in [5, 5.41) is 11.5. The minimum atomic E-state index is -4.23. The maximum absolute atomic E-state index is 14.8. The van der Waals surface area contributed by atoms with Gasteiger partial charge in [-0.3, -0.25) is 95.3 Å². The van der Waals surface area contributed by atoms with E-state index in [2.05, 4.69) is 75.3 Å². The molecule has 47 heteroatoms. The summed E-state index contributed by atoms with van der Waals surface area (Å²) < 4.78 is 132. The number of Topliss-reactive ketones (excluding diaryl/α,β-unsaturated/α-hetero) is 1. The molecule has 140 heavy (non-hydrogen) atoms. The number of aromatic nitrogens is 8. The van der Waals surface area contributed by atoms with E-state index in [-0.39, 0.29) is 161 Å². The number of aryl methyl sites for hydroxylation is 1. The number of carbonyl (C=O) groups is 3. The summed E-state index contributed by atoms with van der Waals surface area (Å²) in [6, 6.07) is 9.57. The van der Waals surface area contributed by atoms with Crippen molar-refractivity contribution >= 4 is 72.1 Å². The van der Waals surface area contributed by atoms with Crippen LogP contribution in [0, 0.1) is 31.4 Å². The molecule has 0 aliphatic carbocycles. The molecule has 9 rings (SSSR count). The fourth-order valence-corrected chi connectivity index (χ4v) is 34.3. The number of hydrogen-bond acceptors (Lipinski definition) is 30. The Labute approximate surface area is 876 Å². The number of aromatic amines is 4. The van der Waals surface area contributed by atoms with Gasteiger partial charge >= 0.3 is 50.1 Å². The molecular formula is C93H154N9O30P2Si4Y2-3. The van der Waals surface area contributed by atoms with Crippen molar-refractivity contribution in [2.75, 3.05) is 33.2 Å². The summed E-state index contributed by atoms with van der Waals surface area (Å²) in [5.41, 5.74) is -4.59. The normalized spacial score (nSPS) is 24.0. The second-order valence-electron chi connectivity index (χ2n) is 40.7. The minimum Gasteiger partial charge on any atom is -0.457 e. The Kier molecular flexibility index (Phi) is 48.2. The number of nitro groups is 1. The molecule has 0 amide bonds. The van der Waals surface area contributed by atoms with E-state index in [0.717, 1.165) is 16.2 Å². The van der Waals surface area contributed by atoms with Crippen molar-refractivity contribution < 1.29 is 163 Å². The van der Waals surface area contributed by atoms with Crippen molar-refractivity contribution in [1.29, 1.82) is 0 Å². The molecule has 786 valence electrons. The van der Waals surface area contributed by atoms with Crippen LogP contribution < -0.4 is 45.0 Å². The van der Waals surface area contributed by atoms with Crippen LogP contribution in [-0.4, -0.2) is 201 Å². The molecule has 4 aromatic heterocycles. The molecule has 8 heterocycles. The number of benzene rings is 1. The molecule has 39 nitrogen and oxygen atoms in total. The Morgan fingerprint density at radius 3 is 1.11 bits per heavy atom. The van der Waals surface area contributed by atoms with Crippen LogP contribution in [-0.2, 0) is 160 Å². The van der Waals surface area contributed by atoms with E-state index in [1.54, 1.807) is 19.1 Å². The van der Waals surface area contributed by atoms with Crippen LogP contribution in [0.15, 0.2) is 106 Å². The Hall–Kier alpha value is -5.19. The second kappa shape index (κ2) is 53.1. The molecule has 0 spiro atoms. The van der Waals surface area contributed by atoms with Gasteiger partial charge in [-0.1, -0.05) is 178 Å². The molecule has 2 radical (unpaired) electrons. The summed E-state index contributed by atoms with van der Waals surface area (Å²) in [6.07, 6.45) is -11.1. The molecule has 19 atom stereocenters. The van der Waals surface area contributed by atoms with Gasteiger partial charge in [-0.05, 0) is 87.9 Å². The van der Waals surface area contributed by atoms with Gasteiger partial charge in [0.2, 0.25) is 16.6 Å². The van der Waals surface area contributed by atoms with E-state index < -0.39 is 228 Å². The molecule has 7 unspecified atom stereocenters. The van der Waals surface area contributed by atoms with Gasteiger partial charge in [-0.15, -0.1) is 0 Å². The summed E-state index contributed by atoms with van der Waals surface area (Å²) in [5.74, 6) is -1.49. The van der Waals surface area contributed by atoms with Gasteiger partial charge < -0.3 is 81.2 Å². The third kappa shape index (κ3) is 31.0. The van der Waals surface area contributed by atoms with Crippen LogP contribution in [0.1, 0.15) is 246 Å². The smallest absolute Gasteiger partial charge is 0.457 e. The van der Waals surface area contributed by atoms with Crippen molar-refractivity contribution in [3.8, 4) is 0 Å². The van der Waals surface area contributed by atoms with Gasteiger partial charge in [0.1, 0.15) is 61.2 Å². The van der Waals surface area contributed by atoms with Crippen LogP contribution in [0.3, 0.4) is 0 Å². The predicted molar refractivity (Wildman–Crippen MR) is 534 cm³/mol. The summed E-state index contributed by atoms with van der Waals surface area (Å²) in [4.78, 5) is 163. The average molecular weight is 2230 g/mol. The molecule has 4 saturated heterocycles. The number of esters is 1. The molecule has 4 N–H and O–H groups in total. The zero-order valence-corrected chi connectivity index (χ0v) is 97.5. The topological polar surface area (TPSA) is 486 Å². The molecule has 4 aliphatic heterocycles. The molecule has 0 saturated carbocycles. The number of nitrogens with zero attached hydrogens (tertiary/aromatic N) is 5. The number of H-pyrrole nitrogens is 4. The third-order valence-electron chi connectivity index (χ3n) is 27.1. The Bertz CT molecular complexity index is 5490. The van der Waals surface area contributed by atoms with Crippen molar-refractivity contribution in [2.24, 2.45) is 0 Å². The molecular weight excluding hydrogens is 2080 g/mol. The van der Waals surface area contributed by atoms with E-state index in [1.165, 1.54) is 76.1 Å². The van der Waals surface area contributed by atoms with Crippen molar-refractivity contribution in [1.82, 2.24) is 38.2 Å². The fraction of sp³-hybridized carbons (Fsp3) is 0.699. The first-order valence-electron chi connectivity index (χ1n) is 47.0. The molecule has 0 bridgehead atoms. The zero-order chi connectivity index (χ0) is 102. The Balaban J connectivity index is 0.000000572. The van der Waals surface area contributed by atoms with Gasteiger partial charge in [0.25, 0.3) is 27.9 Å². The number of hydrogen-bond donors (Lipinski definition) is 4. The van der Waals surface area contributed by atoms with Gasteiger partial charge in [-0.25, -0.2) is 24.0 Å². The van der Waals surface area contributed by atoms with Gasteiger partial charge in [-0.2, -0.15) is 12.8 Å². The van der Waals surface area contributed by atoms with Crippen LogP contribution in [0.4, 0.5) is 10.5 Å². The SMILES string of the molecule is C.[CH2-]CCCC(=O)CCC(=O)OC1[C@@H](COP(C)(=O)OC2[C@@H](CC)O[C@@H](n3ccc(=O)[nH]c3=O)[C@H]2O[Si](C)(C)C(C)(C)C)O[C@@H](n2ccc(=O)[nH]c2=O)[C@H]1O[Si](C(C)C)(C(C)C)C(C)C.[CH2-]CCc1ccc(C(C)COC(=O)OC2[C@@H](COP(C)(=O)OC3[C@@H](CC)O[C@@H](n4ccc(=O)[nH]c4=O)[C@H]3O[Si](C)(C)C(C)(C)C)O[C@@H](n3ccc(=O)[nH]c3=O)[C@H]2O[Si](C(C)C)(C(C)C)C(C)C)c([N+](=O)[O-])c1.[CH3-].[Y].[Y]. The number of nitro benzene ring substituents is 1. The second-order valence-corrected chi connectivity index (χ2v) is 65.0. The zero-order valence-electron chi connectivity index (χ0n) is 86.1. The number of carbonyl (C=O) groups excluding carboxylic acids is 3. The number of ketones is 1. The largest absolute Gasteiger partial charge is 0.508 e. The molecule has 4 fully saturated rings. The minimum absolute atomic E-state index is 0. The first-order chi connectivity index (χ1) is 63.2. The van der Waals surface area contributed by atoms with Crippen molar-refractivity contribution in [2.45, 2.75) is 384 Å². The summed E-state index contributed by atoms with van der Waals surface area (Å²) in [6.45, 7) is 59.1. The Morgan fingerprint density at radius 1 is 0.486 bits per heavy atom. The van der Waals surface area contributed by atoms with E-state index in [9.17, 15) is 72.0 Å². The van der Waals surface area contributed by atoms with Gasteiger partial charge in [0.15, 0.2) is 53.8 Å². The summed E-state index contributed by atoms with van der Waals surface area (Å²) >= 11 is 0. The maximum Gasteiger partial charge on any atom is 0.508 e. The number of unbranched alkanes of at least 4 members (excludes halogenated alkanes) is 1. The number of nitrogens with one attached hydrogen (secondary N) is 4. The standard InChI is InChI=1S/C48H75N5O16PSi2.C43H72N4O14PSi2.CH4.CH3.2Y/c1-16-18-32-19-20-33(34(25-32)53(59)60)31(9)26-62-47(58)66-39-36(65-43(51-23-21-37(54)49-45(51)56)41(39)69-72(28(3)4,29(5)6)30(7)8)27-63-70(13,61)67-40-35(17-2)64-44(52-24-22-38(55)50-46(52)57)42(40)68-71(14,15)48(10,11)12;1-15-17-18-29(48)19-20-34(51)58-35-31(57-39(46-23-21-32(49)44-41(46)52)37(35)61-64(26(3)4,27(5)6)28(7)8)25-55-62(12,54)59-36-30(16-2)56-40(47-24-22-33(50)45-42(47)53)38(36)60-63(13,14)43(9,10)11;;;;/h19-25,28-31,35-36,39-44H,1,16-18,26-27H2,2-15H3,(H,49,54,56)(H,50,55,57);21-24,26-28,30-31,35-40H,1,15-20,25H2,2-14H3,(H,44,49,52)(H,45,50,53);1H4;1H3;;/q2*-1;;-1;;/t31?,35-,36-,39?,40?,41+,42+,43-,44-,70?;30-,31-,35?,36?,37+,38+,39-,40-,62?;;;;/m11..../s1. The monoisotopic (exact) mass is 2230 g/mol. The molecule has 5 aromatic rings. The first-order valence-corrected chi connectivity index (χ1v) is 61.0.